The minimum absolute atomic E-state index is 0.171. The fourth-order valence-corrected chi connectivity index (χ4v) is 0.800. The van der Waals surface area contributed by atoms with Crippen LogP contribution in [0, 0.1) is 10.1 Å². The summed E-state index contributed by atoms with van der Waals surface area (Å²) in [5.41, 5.74) is 0. The van der Waals surface area contributed by atoms with Gasteiger partial charge in [0, 0.05) is 13.2 Å². The molecule has 0 N–H and O–H groups in total. The van der Waals surface area contributed by atoms with Crippen molar-refractivity contribution in [1.29, 1.82) is 0 Å². The van der Waals surface area contributed by atoms with Gasteiger partial charge in [-0.05, 0) is 6.92 Å². The fraction of sp³-hybridized carbons (Fsp3) is 0.600. The van der Waals surface area contributed by atoms with Gasteiger partial charge in [-0.1, -0.05) is 5.01 Å². The Morgan fingerprint density at radius 2 is 2.20 bits per heavy atom. The zero-order chi connectivity index (χ0) is 7.72. The highest BCUT2D eigenvalue weighted by atomic mass is 16.7. The zero-order valence-corrected chi connectivity index (χ0v) is 5.89. The lowest BCUT2D eigenvalue weighted by Crippen LogP contribution is -2.37. The molecule has 1 unspecified atom stereocenters. The van der Waals surface area contributed by atoms with E-state index in [0.717, 1.165) is 5.01 Å². The molecule has 1 aliphatic rings. The lowest BCUT2D eigenvalue weighted by Gasteiger charge is -2.17. The smallest absolute Gasteiger partial charge is 0.166 e. The van der Waals surface area contributed by atoms with Crippen molar-refractivity contribution in [3.05, 3.63) is 22.5 Å². The molecule has 1 heterocycles. The summed E-state index contributed by atoms with van der Waals surface area (Å²) >= 11 is 0. The van der Waals surface area contributed by atoms with Gasteiger partial charge in [0.2, 0.25) is 0 Å². The van der Waals surface area contributed by atoms with E-state index in [1.54, 1.807) is 25.1 Å². The van der Waals surface area contributed by atoms with Crippen LogP contribution in [0.15, 0.2) is 12.4 Å². The molecule has 1 aliphatic heterocycles. The van der Waals surface area contributed by atoms with Gasteiger partial charge < -0.3 is 4.90 Å². The second-order valence-corrected chi connectivity index (χ2v) is 2.21. The Labute approximate surface area is 58.6 Å². The number of nitro groups is 1. The van der Waals surface area contributed by atoms with Gasteiger partial charge in [0.05, 0.1) is 6.20 Å². The number of rotatable bonds is 1. The Balaban J connectivity index is 2.66. The first kappa shape index (κ1) is 6.85. The van der Waals surface area contributed by atoms with Crippen LogP contribution in [0.1, 0.15) is 6.92 Å². The van der Waals surface area contributed by atoms with E-state index in [2.05, 4.69) is 0 Å². The summed E-state index contributed by atoms with van der Waals surface area (Å²) in [7, 11) is 1.80. The van der Waals surface area contributed by atoms with E-state index in [1.807, 2.05) is 0 Å². The summed E-state index contributed by atoms with van der Waals surface area (Å²) in [5.74, 6) is 0. The molecule has 1 rings (SSSR count). The SMILES string of the molecule is CC1N(C)C=CN1[N+](=O)[O-]. The first-order valence-corrected chi connectivity index (χ1v) is 2.96. The van der Waals surface area contributed by atoms with Crippen molar-refractivity contribution in [1.82, 2.24) is 9.91 Å². The number of hydrogen-bond donors (Lipinski definition) is 0. The molecule has 0 aromatic carbocycles. The van der Waals surface area contributed by atoms with Crippen LogP contribution in [0.4, 0.5) is 0 Å². The molecule has 0 fully saturated rings. The molecule has 0 spiro atoms. The van der Waals surface area contributed by atoms with Crippen molar-refractivity contribution in [3.63, 3.8) is 0 Å². The standard InChI is InChI=1S/C5H9N3O2/c1-5-6(2)3-4-7(5)8(9)10/h3-5H,1-2H3. The third-order valence-electron chi connectivity index (χ3n) is 1.62. The highest BCUT2D eigenvalue weighted by molar-refractivity contribution is 4.89. The molecule has 0 aromatic heterocycles. The second-order valence-electron chi connectivity index (χ2n) is 2.21. The fourth-order valence-electron chi connectivity index (χ4n) is 0.800. The van der Waals surface area contributed by atoms with Gasteiger partial charge in [0.15, 0.2) is 11.2 Å². The van der Waals surface area contributed by atoms with E-state index in [4.69, 9.17) is 0 Å². The highest BCUT2D eigenvalue weighted by Crippen LogP contribution is 2.11. The van der Waals surface area contributed by atoms with Gasteiger partial charge >= 0.3 is 0 Å². The largest absolute Gasteiger partial charge is 0.354 e. The van der Waals surface area contributed by atoms with Crippen LogP contribution >= 0.6 is 0 Å². The number of hydrazine groups is 1. The number of nitrogens with zero attached hydrogens (tertiary/aromatic N) is 3. The summed E-state index contributed by atoms with van der Waals surface area (Å²) in [4.78, 5) is 12.0. The quantitative estimate of drug-likeness (QED) is 0.390. The molecule has 10 heavy (non-hydrogen) atoms. The predicted octanol–water partition coefficient (Wildman–Crippen LogP) is 0.243. The van der Waals surface area contributed by atoms with Crippen LogP contribution in [0.25, 0.3) is 0 Å². The van der Waals surface area contributed by atoms with E-state index in [-0.39, 0.29) is 6.17 Å². The molecule has 0 bridgehead atoms. The lowest BCUT2D eigenvalue weighted by atomic mass is 10.5. The van der Waals surface area contributed by atoms with E-state index in [0.29, 0.717) is 0 Å². The first-order chi connectivity index (χ1) is 4.63. The maximum Gasteiger partial charge on any atom is 0.166 e. The van der Waals surface area contributed by atoms with Crippen LogP contribution < -0.4 is 0 Å². The molecular weight excluding hydrogens is 134 g/mol. The van der Waals surface area contributed by atoms with E-state index >= 15 is 0 Å². The second kappa shape index (κ2) is 2.17. The van der Waals surface area contributed by atoms with Crippen LogP contribution in [0.2, 0.25) is 0 Å². The molecule has 0 saturated carbocycles. The third-order valence-corrected chi connectivity index (χ3v) is 1.62. The molecular formula is C5H9N3O2. The molecule has 56 valence electrons. The Bertz CT molecular complexity index is 180. The average molecular weight is 143 g/mol. The van der Waals surface area contributed by atoms with Gasteiger partial charge in [-0.3, -0.25) is 0 Å². The van der Waals surface area contributed by atoms with Crippen molar-refractivity contribution in [2.24, 2.45) is 0 Å². The maximum atomic E-state index is 10.2. The Kier molecular flexibility index (Phi) is 1.48. The third kappa shape index (κ3) is 0.896. The van der Waals surface area contributed by atoms with Crippen molar-refractivity contribution < 1.29 is 5.03 Å². The van der Waals surface area contributed by atoms with Gasteiger partial charge in [-0.25, -0.2) is 10.1 Å². The van der Waals surface area contributed by atoms with Crippen molar-refractivity contribution in [2.45, 2.75) is 13.1 Å². The van der Waals surface area contributed by atoms with Crippen LogP contribution in [0.5, 0.6) is 0 Å². The predicted molar refractivity (Wildman–Crippen MR) is 35.2 cm³/mol. The molecule has 5 nitrogen and oxygen atoms in total. The summed E-state index contributed by atoms with van der Waals surface area (Å²) in [6.45, 7) is 1.77. The minimum Gasteiger partial charge on any atom is -0.354 e. The summed E-state index contributed by atoms with van der Waals surface area (Å²) in [6, 6.07) is 0. The first-order valence-electron chi connectivity index (χ1n) is 2.96. The molecule has 5 heteroatoms. The number of hydrogen-bond acceptors (Lipinski definition) is 3. The molecule has 0 radical (unpaired) electrons. The molecule has 0 amide bonds. The van der Waals surface area contributed by atoms with Gasteiger partial charge in [-0.15, -0.1) is 0 Å². The van der Waals surface area contributed by atoms with Crippen molar-refractivity contribution >= 4 is 0 Å². The average Bonchev–Trinajstić information content (AvgIpc) is 2.14. The van der Waals surface area contributed by atoms with Crippen molar-refractivity contribution in [2.75, 3.05) is 7.05 Å². The molecule has 0 aliphatic carbocycles. The Hall–Kier alpha value is -1.26. The summed E-state index contributed by atoms with van der Waals surface area (Å²) < 4.78 is 0. The zero-order valence-electron chi connectivity index (χ0n) is 5.89. The monoisotopic (exact) mass is 143 g/mol. The highest BCUT2D eigenvalue weighted by Gasteiger charge is 2.26. The molecule has 1 atom stereocenters. The Morgan fingerprint density at radius 1 is 1.60 bits per heavy atom. The lowest BCUT2D eigenvalue weighted by molar-refractivity contribution is -0.649. The maximum absolute atomic E-state index is 10.2. The van der Waals surface area contributed by atoms with E-state index in [1.165, 1.54) is 6.20 Å². The van der Waals surface area contributed by atoms with Crippen LogP contribution in [0.3, 0.4) is 0 Å². The minimum atomic E-state index is -0.426. The van der Waals surface area contributed by atoms with Crippen LogP contribution in [-0.4, -0.2) is 28.2 Å². The van der Waals surface area contributed by atoms with Gasteiger partial charge in [0.1, 0.15) is 0 Å². The molecule has 0 saturated heterocycles. The van der Waals surface area contributed by atoms with Gasteiger partial charge in [0.25, 0.3) is 0 Å². The van der Waals surface area contributed by atoms with Gasteiger partial charge in [-0.2, -0.15) is 0 Å². The van der Waals surface area contributed by atoms with Crippen LogP contribution in [-0.2, 0) is 0 Å². The normalized spacial score (nSPS) is 24.0. The van der Waals surface area contributed by atoms with Crippen molar-refractivity contribution in [3.8, 4) is 0 Å². The van der Waals surface area contributed by atoms with E-state index in [9.17, 15) is 10.1 Å². The van der Waals surface area contributed by atoms with E-state index < -0.39 is 5.03 Å². The molecule has 0 aromatic rings. The topological polar surface area (TPSA) is 49.6 Å². The summed E-state index contributed by atoms with van der Waals surface area (Å²) in [6.07, 6.45) is 2.95. The summed E-state index contributed by atoms with van der Waals surface area (Å²) in [5, 5.41) is 10.8. The Morgan fingerprint density at radius 3 is 2.40 bits per heavy atom.